The molecule has 0 amide bonds. The van der Waals surface area contributed by atoms with E-state index in [0.29, 0.717) is 30.0 Å². The van der Waals surface area contributed by atoms with E-state index < -0.39 is 0 Å². The van der Waals surface area contributed by atoms with Crippen LogP contribution in [0.5, 0.6) is 0 Å². The number of aliphatic hydroxyl groups is 1. The van der Waals surface area contributed by atoms with Crippen LogP contribution in [0.1, 0.15) is 46.0 Å². The molecule has 0 aliphatic heterocycles. The van der Waals surface area contributed by atoms with E-state index in [1.54, 1.807) is 0 Å². The van der Waals surface area contributed by atoms with Crippen molar-refractivity contribution in [2.24, 2.45) is 23.2 Å². The summed E-state index contributed by atoms with van der Waals surface area (Å²) in [5.41, 5.74) is 0.418. The highest BCUT2D eigenvalue weighted by Gasteiger charge is 2.52. The van der Waals surface area contributed by atoms with Gasteiger partial charge in [-0.05, 0) is 48.9 Å². The molecule has 0 aromatic heterocycles. The summed E-state index contributed by atoms with van der Waals surface area (Å²) in [7, 11) is 1.86. The molecule has 16 heavy (non-hydrogen) atoms. The minimum absolute atomic E-state index is 0.338. The Morgan fingerprint density at radius 2 is 2.12 bits per heavy atom. The predicted molar refractivity (Wildman–Crippen MR) is 65.2 cm³/mol. The van der Waals surface area contributed by atoms with Gasteiger partial charge in [-0.2, -0.15) is 0 Å². The van der Waals surface area contributed by atoms with Gasteiger partial charge in [0.15, 0.2) is 0 Å². The second-order valence-electron chi connectivity index (χ2n) is 6.12. The first-order valence-electron chi connectivity index (χ1n) is 6.77. The van der Waals surface area contributed by atoms with Crippen LogP contribution in [0.25, 0.3) is 0 Å². The van der Waals surface area contributed by atoms with Gasteiger partial charge in [-0.25, -0.2) is 0 Å². The van der Waals surface area contributed by atoms with Gasteiger partial charge in [0.2, 0.25) is 0 Å². The van der Waals surface area contributed by atoms with Gasteiger partial charge in [0.25, 0.3) is 0 Å². The minimum atomic E-state index is 0.338. The Kier molecular flexibility index (Phi) is 3.60. The third kappa shape index (κ3) is 1.80. The van der Waals surface area contributed by atoms with Crippen molar-refractivity contribution in [2.75, 3.05) is 13.7 Å². The Morgan fingerprint density at radius 3 is 2.75 bits per heavy atom. The van der Waals surface area contributed by atoms with Gasteiger partial charge in [0, 0.05) is 13.7 Å². The molecular weight excluding hydrogens is 200 g/mol. The summed E-state index contributed by atoms with van der Waals surface area (Å²) in [6.07, 6.45) is 6.89. The number of ether oxygens (including phenoxy) is 1. The number of aliphatic hydroxyl groups excluding tert-OH is 1. The minimum Gasteiger partial charge on any atom is -0.396 e. The molecule has 2 saturated carbocycles. The normalized spacial score (nSPS) is 45.4. The average molecular weight is 226 g/mol. The van der Waals surface area contributed by atoms with E-state index in [2.05, 4.69) is 13.8 Å². The van der Waals surface area contributed by atoms with Gasteiger partial charge in [-0.1, -0.05) is 20.3 Å². The summed E-state index contributed by atoms with van der Waals surface area (Å²) in [5, 5.41) is 9.39. The van der Waals surface area contributed by atoms with Crippen LogP contribution in [0.2, 0.25) is 0 Å². The smallest absolute Gasteiger partial charge is 0.0604 e. The van der Waals surface area contributed by atoms with Crippen molar-refractivity contribution in [1.29, 1.82) is 0 Å². The predicted octanol–water partition coefficient (Wildman–Crippen LogP) is 2.85. The Hall–Kier alpha value is -0.0800. The fourth-order valence-corrected chi connectivity index (χ4v) is 4.50. The summed E-state index contributed by atoms with van der Waals surface area (Å²) in [5.74, 6) is 1.87. The lowest BCUT2D eigenvalue weighted by atomic mass is 9.62. The summed E-state index contributed by atoms with van der Waals surface area (Å²) < 4.78 is 5.67. The second-order valence-corrected chi connectivity index (χ2v) is 6.12. The van der Waals surface area contributed by atoms with Crippen LogP contribution in [0.4, 0.5) is 0 Å². The van der Waals surface area contributed by atoms with Crippen LogP contribution in [0.3, 0.4) is 0 Å². The zero-order valence-electron chi connectivity index (χ0n) is 10.9. The molecule has 0 heterocycles. The molecular formula is C14H26O2. The number of rotatable bonds is 3. The molecule has 2 fully saturated rings. The van der Waals surface area contributed by atoms with Crippen LogP contribution in [0, 0.1) is 23.2 Å². The topological polar surface area (TPSA) is 29.5 Å². The van der Waals surface area contributed by atoms with Crippen LogP contribution in [-0.2, 0) is 4.74 Å². The van der Waals surface area contributed by atoms with Crippen LogP contribution < -0.4 is 0 Å². The largest absolute Gasteiger partial charge is 0.396 e. The zero-order valence-corrected chi connectivity index (χ0v) is 10.9. The molecule has 1 N–H and O–H groups in total. The molecule has 0 spiro atoms. The maximum atomic E-state index is 9.39. The molecule has 2 aliphatic carbocycles. The summed E-state index contributed by atoms with van der Waals surface area (Å²) in [6, 6.07) is 0. The fourth-order valence-electron chi connectivity index (χ4n) is 4.50. The molecule has 0 aromatic carbocycles. The lowest BCUT2D eigenvalue weighted by Crippen LogP contribution is -2.42. The Labute approximate surface area is 99.4 Å². The van der Waals surface area contributed by atoms with E-state index in [0.717, 1.165) is 5.92 Å². The molecule has 0 aromatic rings. The molecule has 94 valence electrons. The molecule has 2 heteroatoms. The van der Waals surface area contributed by atoms with Gasteiger partial charge in [-0.3, -0.25) is 0 Å². The van der Waals surface area contributed by atoms with Crippen molar-refractivity contribution < 1.29 is 9.84 Å². The first-order valence-corrected chi connectivity index (χ1v) is 6.77. The van der Waals surface area contributed by atoms with Gasteiger partial charge in [0.1, 0.15) is 0 Å². The average Bonchev–Trinajstić information content (AvgIpc) is 2.64. The molecule has 2 rings (SSSR count). The quantitative estimate of drug-likeness (QED) is 0.802. The Bertz CT molecular complexity index is 233. The molecule has 2 unspecified atom stereocenters. The van der Waals surface area contributed by atoms with E-state index in [1.807, 2.05) is 7.11 Å². The van der Waals surface area contributed by atoms with Gasteiger partial charge in [0.05, 0.1) is 6.10 Å². The van der Waals surface area contributed by atoms with Crippen molar-refractivity contribution in [1.82, 2.24) is 0 Å². The highest BCUT2D eigenvalue weighted by atomic mass is 16.5. The van der Waals surface area contributed by atoms with Crippen LogP contribution in [0.15, 0.2) is 0 Å². The Morgan fingerprint density at radius 1 is 1.38 bits per heavy atom. The van der Waals surface area contributed by atoms with Crippen LogP contribution >= 0.6 is 0 Å². The monoisotopic (exact) mass is 226 g/mol. The third-order valence-corrected chi connectivity index (χ3v) is 5.41. The number of hydrogen-bond acceptors (Lipinski definition) is 2. The highest BCUT2D eigenvalue weighted by molar-refractivity contribution is 5.01. The molecule has 5 atom stereocenters. The lowest BCUT2D eigenvalue weighted by Gasteiger charge is -2.46. The first-order chi connectivity index (χ1) is 7.63. The standard InChI is InChI=1S/C14H26O2/c1-10(9-15)11-6-7-12-13(16-3)5-4-8-14(11,12)2/h10-13,15H,4-9H2,1-3H3/t10-,11?,12?,13+,14-/m1/s1. The molecule has 0 saturated heterocycles. The molecule has 2 nitrogen and oxygen atoms in total. The second kappa shape index (κ2) is 4.66. The molecule has 0 radical (unpaired) electrons. The maximum Gasteiger partial charge on any atom is 0.0604 e. The third-order valence-electron chi connectivity index (χ3n) is 5.41. The maximum absolute atomic E-state index is 9.39. The van der Waals surface area contributed by atoms with Crippen LogP contribution in [-0.4, -0.2) is 24.9 Å². The number of fused-ring (bicyclic) bond motifs is 1. The molecule has 2 aliphatic rings. The van der Waals surface area contributed by atoms with E-state index >= 15 is 0 Å². The van der Waals surface area contributed by atoms with E-state index in [9.17, 15) is 5.11 Å². The number of hydrogen-bond donors (Lipinski definition) is 1. The van der Waals surface area contributed by atoms with E-state index in [-0.39, 0.29) is 0 Å². The zero-order chi connectivity index (χ0) is 11.8. The van der Waals surface area contributed by atoms with Gasteiger partial charge in [-0.15, -0.1) is 0 Å². The van der Waals surface area contributed by atoms with E-state index in [1.165, 1.54) is 32.1 Å². The van der Waals surface area contributed by atoms with Gasteiger partial charge >= 0.3 is 0 Å². The van der Waals surface area contributed by atoms with Crippen molar-refractivity contribution in [3.63, 3.8) is 0 Å². The summed E-state index contributed by atoms with van der Waals surface area (Å²) >= 11 is 0. The lowest BCUT2D eigenvalue weighted by molar-refractivity contribution is -0.0531. The van der Waals surface area contributed by atoms with Crippen molar-refractivity contribution >= 4 is 0 Å². The summed E-state index contributed by atoms with van der Waals surface area (Å²) in [6.45, 7) is 4.98. The SMILES string of the molecule is CO[C@H]1CCC[C@]2(C)C([C@H](C)CO)CCC12. The van der Waals surface area contributed by atoms with Crippen molar-refractivity contribution in [2.45, 2.75) is 52.1 Å². The highest BCUT2D eigenvalue weighted by Crippen LogP contribution is 2.58. The molecule has 0 bridgehead atoms. The van der Waals surface area contributed by atoms with Crippen molar-refractivity contribution in [3.05, 3.63) is 0 Å². The summed E-state index contributed by atoms with van der Waals surface area (Å²) in [4.78, 5) is 0. The first kappa shape index (κ1) is 12.4. The fraction of sp³-hybridized carbons (Fsp3) is 1.00. The van der Waals surface area contributed by atoms with E-state index in [4.69, 9.17) is 4.74 Å². The van der Waals surface area contributed by atoms with Crippen molar-refractivity contribution in [3.8, 4) is 0 Å². The Balaban J connectivity index is 2.17. The van der Waals surface area contributed by atoms with Gasteiger partial charge < -0.3 is 9.84 Å². The number of methoxy groups -OCH3 is 1.